The smallest absolute Gasteiger partial charge is 0.228 e. The van der Waals surface area contributed by atoms with Gasteiger partial charge >= 0.3 is 0 Å². The zero-order valence-corrected chi connectivity index (χ0v) is 13.6. The summed E-state index contributed by atoms with van der Waals surface area (Å²) in [4.78, 5) is 14.2. The lowest BCUT2D eigenvalue weighted by atomic mass is 10.2. The van der Waals surface area contributed by atoms with Crippen LogP contribution in [0.4, 0.5) is 5.69 Å². The molecule has 0 saturated heterocycles. The largest absolute Gasteiger partial charge is 0.312 e. The molecule has 0 aliphatic carbocycles. The van der Waals surface area contributed by atoms with Gasteiger partial charge < -0.3 is 4.90 Å². The van der Waals surface area contributed by atoms with E-state index >= 15 is 0 Å². The first-order valence-electron chi connectivity index (χ1n) is 6.17. The minimum atomic E-state index is 0.205. The Bertz CT molecular complexity index is 397. The zero-order valence-electron chi connectivity index (χ0n) is 11.1. The second-order valence-corrected chi connectivity index (χ2v) is 6.47. The molecule has 0 aliphatic heterocycles. The number of anilines is 1. The van der Waals surface area contributed by atoms with Crippen LogP contribution in [0.25, 0.3) is 0 Å². The lowest BCUT2D eigenvalue weighted by Gasteiger charge is -2.23. The Morgan fingerprint density at radius 2 is 2.22 bits per heavy atom. The lowest BCUT2D eigenvalue weighted by molar-refractivity contribution is -0.118. The molecule has 18 heavy (non-hydrogen) atoms. The fourth-order valence-corrected chi connectivity index (χ4v) is 2.40. The maximum Gasteiger partial charge on any atom is 0.228 e. The Kier molecular flexibility index (Phi) is 6.79. The molecule has 0 saturated carbocycles. The number of benzene rings is 1. The number of nitrogens with zero attached hydrogens (tertiary/aromatic N) is 1. The van der Waals surface area contributed by atoms with Crippen LogP contribution in [-0.4, -0.2) is 24.0 Å². The van der Waals surface area contributed by atoms with Crippen molar-refractivity contribution in [2.75, 3.05) is 17.7 Å². The maximum atomic E-state index is 12.3. The van der Waals surface area contributed by atoms with Crippen molar-refractivity contribution in [1.29, 1.82) is 0 Å². The van der Waals surface area contributed by atoms with E-state index < -0.39 is 0 Å². The van der Waals surface area contributed by atoms with Gasteiger partial charge in [-0.2, -0.15) is 11.8 Å². The third-order valence-electron chi connectivity index (χ3n) is 2.73. The number of hydrogen-bond acceptors (Lipinski definition) is 2. The molecular formula is C14H20BrNOS. The van der Waals surface area contributed by atoms with E-state index in [9.17, 15) is 4.79 Å². The molecule has 0 spiro atoms. The van der Waals surface area contributed by atoms with Gasteiger partial charge in [0.1, 0.15) is 0 Å². The zero-order chi connectivity index (χ0) is 13.5. The van der Waals surface area contributed by atoms with Gasteiger partial charge in [0.25, 0.3) is 0 Å². The number of carbonyl (C=O) groups is 1. The van der Waals surface area contributed by atoms with E-state index in [0.717, 1.165) is 23.1 Å². The van der Waals surface area contributed by atoms with Crippen LogP contribution >= 0.6 is 27.7 Å². The molecule has 1 amide bonds. The molecule has 0 heterocycles. The monoisotopic (exact) mass is 329 g/mol. The molecule has 0 fully saturated rings. The molecule has 0 N–H and O–H groups in total. The van der Waals surface area contributed by atoms with Gasteiger partial charge in [0.15, 0.2) is 0 Å². The summed E-state index contributed by atoms with van der Waals surface area (Å²) < 4.78 is 1.01. The standard InChI is InChI=1S/C14H20BrNOS/c1-4-8-16(14(17)9-11(2)18-3)13-7-5-6-12(15)10-13/h5-7,10-11H,4,8-9H2,1-3H3. The van der Waals surface area contributed by atoms with Crippen molar-refractivity contribution in [1.82, 2.24) is 0 Å². The van der Waals surface area contributed by atoms with E-state index in [0.29, 0.717) is 11.7 Å². The third kappa shape index (κ3) is 4.65. The topological polar surface area (TPSA) is 20.3 Å². The summed E-state index contributed by atoms with van der Waals surface area (Å²) in [7, 11) is 0. The van der Waals surface area contributed by atoms with Crippen LogP contribution in [0.5, 0.6) is 0 Å². The molecule has 0 bridgehead atoms. The molecule has 1 unspecified atom stereocenters. The van der Waals surface area contributed by atoms with Crippen molar-refractivity contribution in [3.05, 3.63) is 28.7 Å². The van der Waals surface area contributed by atoms with Crippen LogP contribution in [0.1, 0.15) is 26.7 Å². The van der Waals surface area contributed by atoms with Gasteiger partial charge in [-0.25, -0.2) is 0 Å². The average Bonchev–Trinajstić information content (AvgIpc) is 2.35. The van der Waals surface area contributed by atoms with Gasteiger partial charge in [0.05, 0.1) is 0 Å². The van der Waals surface area contributed by atoms with E-state index in [2.05, 4.69) is 29.8 Å². The summed E-state index contributed by atoms with van der Waals surface area (Å²) >= 11 is 5.18. The van der Waals surface area contributed by atoms with Crippen molar-refractivity contribution >= 4 is 39.3 Å². The number of thioether (sulfide) groups is 1. The predicted octanol–water partition coefficient (Wildman–Crippen LogP) is 4.33. The molecular weight excluding hydrogens is 310 g/mol. The highest BCUT2D eigenvalue weighted by Gasteiger charge is 2.17. The SMILES string of the molecule is CCCN(C(=O)CC(C)SC)c1cccc(Br)c1. The molecule has 1 aromatic carbocycles. The molecule has 100 valence electrons. The van der Waals surface area contributed by atoms with Gasteiger partial charge in [-0.1, -0.05) is 35.8 Å². The third-order valence-corrected chi connectivity index (χ3v) is 4.20. The van der Waals surface area contributed by atoms with Gasteiger partial charge in [0, 0.05) is 28.4 Å². The quantitative estimate of drug-likeness (QED) is 0.774. The predicted molar refractivity (Wildman–Crippen MR) is 84.4 cm³/mol. The van der Waals surface area contributed by atoms with E-state index in [-0.39, 0.29) is 5.91 Å². The van der Waals surface area contributed by atoms with Crippen LogP contribution < -0.4 is 4.90 Å². The number of hydrogen-bond donors (Lipinski definition) is 0. The number of amides is 1. The van der Waals surface area contributed by atoms with Crippen molar-refractivity contribution in [3.8, 4) is 0 Å². The minimum Gasteiger partial charge on any atom is -0.312 e. The Hall–Kier alpha value is -0.480. The molecule has 1 rings (SSSR count). The highest BCUT2D eigenvalue weighted by atomic mass is 79.9. The normalized spacial score (nSPS) is 12.2. The maximum absolute atomic E-state index is 12.3. The Morgan fingerprint density at radius 1 is 1.50 bits per heavy atom. The highest BCUT2D eigenvalue weighted by Crippen LogP contribution is 2.22. The summed E-state index contributed by atoms with van der Waals surface area (Å²) in [6.07, 6.45) is 3.60. The lowest BCUT2D eigenvalue weighted by Crippen LogP contribution is -2.33. The van der Waals surface area contributed by atoms with Gasteiger partial charge in [-0.15, -0.1) is 0 Å². The molecule has 0 aromatic heterocycles. The Labute approximate surface area is 122 Å². The molecule has 0 radical (unpaired) electrons. The van der Waals surface area contributed by atoms with Crippen LogP contribution in [0, 0.1) is 0 Å². The molecule has 1 aromatic rings. The first-order chi connectivity index (χ1) is 8.58. The van der Waals surface area contributed by atoms with Gasteiger partial charge in [0.2, 0.25) is 5.91 Å². The second-order valence-electron chi connectivity index (χ2n) is 4.28. The van der Waals surface area contributed by atoms with Crippen LogP contribution in [0.2, 0.25) is 0 Å². The van der Waals surface area contributed by atoms with E-state index in [4.69, 9.17) is 0 Å². The second kappa shape index (κ2) is 7.85. The van der Waals surface area contributed by atoms with Crippen LogP contribution in [0.3, 0.4) is 0 Å². The molecule has 2 nitrogen and oxygen atoms in total. The van der Waals surface area contributed by atoms with Crippen molar-refractivity contribution < 1.29 is 4.79 Å². The van der Waals surface area contributed by atoms with Crippen molar-refractivity contribution in [3.63, 3.8) is 0 Å². The van der Waals surface area contributed by atoms with Crippen LogP contribution in [0.15, 0.2) is 28.7 Å². The molecule has 4 heteroatoms. The fraction of sp³-hybridized carbons (Fsp3) is 0.500. The summed E-state index contributed by atoms with van der Waals surface area (Å²) in [5.41, 5.74) is 0.976. The van der Waals surface area contributed by atoms with Crippen molar-refractivity contribution in [2.24, 2.45) is 0 Å². The first-order valence-corrected chi connectivity index (χ1v) is 8.25. The minimum absolute atomic E-state index is 0.205. The van der Waals surface area contributed by atoms with E-state index in [1.165, 1.54) is 0 Å². The first kappa shape index (κ1) is 15.6. The van der Waals surface area contributed by atoms with Gasteiger partial charge in [-0.05, 0) is 30.9 Å². The number of carbonyl (C=O) groups excluding carboxylic acids is 1. The summed E-state index contributed by atoms with van der Waals surface area (Å²) in [6, 6.07) is 7.93. The fourth-order valence-electron chi connectivity index (χ4n) is 1.70. The molecule has 1 atom stereocenters. The number of rotatable bonds is 6. The van der Waals surface area contributed by atoms with Gasteiger partial charge in [-0.3, -0.25) is 4.79 Å². The summed E-state index contributed by atoms with van der Waals surface area (Å²) in [6.45, 7) is 4.96. The Morgan fingerprint density at radius 3 is 2.78 bits per heavy atom. The average molecular weight is 330 g/mol. The number of halogens is 1. The van der Waals surface area contributed by atoms with E-state index in [1.54, 1.807) is 11.8 Å². The van der Waals surface area contributed by atoms with Crippen molar-refractivity contribution in [2.45, 2.75) is 31.9 Å². The Balaban J connectivity index is 2.85. The summed E-state index contributed by atoms with van der Waals surface area (Å²) in [5.74, 6) is 0.205. The van der Waals surface area contributed by atoms with E-state index in [1.807, 2.05) is 35.4 Å². The summed E-state index contributed by atoms with van der Waals surface area (Å²) in [5, 5.41) is 0.365. The molecule has 0 aliphatic rings. The highest BCUT2D eigenvalue weighted by molar-refractivity contribution is 9.10. The van der Waals surface area contributed by atoms with Crippen LogP contribution in [-0.2, 0) is 4.79 Å².